The number of thioether (sulfide) groups is 2. The molecule has 1 aromatic carbocycles. The second-order valence-electron chi connectivity index (χ2n) is 5.96. The van der Waals surface area contributed by atoms with Crippen molar-refractivity contribution in [2.75, 3.05) is 12.8 Å². The molecule has 1 amide bonds. The van der Waals surface area contributed by atoms with E-state index in [1.807, 2.05) is 18.2 Å². The number of rotatable bonds is 6. The Hall–Kier alpha value is -1.73. The molecule has 2 heterocycles. The van der Waals surface area contributed by atoms with Gasteiger partial charge in [-0.1, -0.05) is 49.0 Å². The quantitative estimate of drug-likeness (QED) is 0.620. The van der Waals surface area contributed by atoms with E-state index in [2.05, 4.69) is 24.4 Å². The number of benzene rings is 1. The first kappa shape index (κ1) is 18.1. The Balaban J connectivity index is 1.89. The molecule has 1 atom stereocenters. The zero-order valence-electron chi connectivity index (χ0n) is 14.3. The van der Waals surface area contributed by atoms with E-state index in [0.29, 0.717) is 17.0 Å². The zero-order valence-corrected chi connectivity index (χ0v) is 16.0. The predicted molar refractivity (Wildman–Crippen MR) is 102 cm³/mol. The van der Waals surface area contributed by atoms with Crippen molar-refractivity contribution in [3.8, 4) is 0 Å². The Kier molecular flexibility index (Phi) is 5.86. The molecule has 0 saturated carbocycles. The monoisotopic (exact) mass is 375 g/mol. The average Bonchev–Trinajstić information content (AvgIpc) is 3.00. The number of nitrogens with zero attached hydrogens (tertiary/aromatic N) is 2. The van der Waals surface area contributed by atoms with E-state index in [0.717, 1.165) is 23.4 Å². The van der Waals surface area contributed by atoms with Gasteiger partial charge in [0.15, 0.2) is 5.16 Å². The van der Waals surface area contributed by atoms with Crippen LogP contribution in [0.15, 0.2) is 45.2 Å². The summed E-state index contributed by atoms with van der Waals surface area (Å²) in [4.78, 5) is 30.0. The molecule has 0 spiro atoms. The highest BCUT2D eigenvalue weighted by molar-refractivity contribution is 8.00. The van der Waals surface area contributed by atoms with Gasteiger partial charge in [-0.2, -0.15) is 0 Å². The Morgan fingerprint density at radius 3 is 2.88 bits per heavy atom. The van der Waals surface area contributed by atoms with E-state index >= 15 is 0 Å². The maximum atomic E-state index is 13.0. The number of hydrogen-bond donors (Lipinski definition) is 1. The normalized spacial score (nSPS) is 15.8. The molecule has 25 heavy (non-hydrogen) atoms. The molecule has 1 N–H and O–H groups in total. The molecule has 1 unspecified atom stereocenters. The summed E-state index contributed by atoms with van der Waals surface area (Å²) in [7, 11) is 1.61. The minimum atomic E-state index is -0.0721. The summed E-state index contributed by atoms with van der Waals surface area (Å²) in [5.74, 6) is 0.188. The molecule has 1 aromatic heterocycles. The van der Waals surface area contributed by atoms with Gasteiger partial charge < -0.3 is 5.32 Å². The Morgan fingerprint density at radius 2 is 2.16 bits per heavy atom. The van der Waals surface area contributed by atoms with Crippen molar-refractivity contribution in [3.05, 3.63) is 51.9 Å². The Morgan fingerprint density at radius 1 is 1.40 bits per heavy atom. The molecule has 1 aliphatic rings. The third kappa shape index (κ3) is 4.27. The number of amides is 1. The number of aromatic nitrogens is 2. The molecule has 0 saturated heterocycles. The molecule has 5 nitrogen and oxygen atoms in total. The fraction of sp³-hybridized carbons (Fsp3) is 0.389. The Labute approximate surface area is 155 Å². The van der Waals surface area contributed by atoms with E-state index in [1.54, 1.807) is 23.4 Å². The molecule has 3 rings (SSSR count). The highest BCUT2D eigenvalue weighted by Gasteiger charge is 2.26. The zero-order chi connectivity index (χ0) is 17.8. The molecular weight excluding hydrogens is 354 g/mol. The molecule has 2 aromatic rings. The second kappa shape index (κ2) is 8.10. The van der Waals surface area contributed by atoms with Crippen LogP contribution in [0, 0.1) is 0 Å². The minimum Gasteiger partial charge on any atom is -0.358 e. The van der Waals surface area contributed by atoms with Crippen LogP contribution in [-0.4, -0.2) is 33.5 Å². The van der Waals surface area contributed by atoms with Crippen LogP contribution >= 0.6 is 23.5 Å². The number of carbonyl (C=O) groups is 1. The SMILES string of the molecule is CNC(=O)CSc1nc2c(c(=O)n1CCc1ccccc1)SC(C)C2. The molecule has 1 aliphatic heterocycles. The van der Waals surface area contributed by atoms with Crippen LogP contribution < -0.4 is 10.9 Å². The summed E-state index contributed by atoms with van der Waals surface area (Å²) >= 11 is 2.93. The smallest absolute Gasteiger partial charge is 0.268 e. The van der Waals surface area contributed by atoms with Gasteiger partial charge >= 0.3 is 0 Å². The van der Waals surface area contributed by atoms with E-state index in [9.17, 15) is 9.59 Å². The predicted octanol–water partition coefficient (Wildman–Crippen LogP) is 2.36. The second-order valence-corrected chi connectivity index (χ2v) is 8.35. The lowest BCUT2D eigenvalue weighted by molar-refractivity contribution is -0.118. The van der Waals surface area contributed by atoms with Crippen molar-refractivity contribution < 1.29 is 4.79 Å². The van der Waals surface area contributed by atoms with Gasteiger partial charge in [0.1, 0.15) is 0 Å². The van der Waals surface area contributed by atoms with Crippen molar-refractivity contribution in [2.45, 2.75) is 41.6 Å². The third-order valence-electron chi connectivity index (χ3n) is 4.04. The van der Waals surface area contributed by atoms with E-state index in [-0.39, 0.29) is 17.2 Å². The molecule has 7 heteroatoms. The summed E-state index contributed by atoms with van der Waals surface area (Å²) in [5.41, 5.74) is 2.07. The van der Waals surface area contributed by atoms with Crippen molar-refractivity contribution in [3.63, 3.8) is 0 Å². The minimum absolute atomic E-state index is 0.0229. The van der Waals surface area contributed by atoms with Gasteiger partial charge in [0, 0.05) is 25.3 Å². The van der Waals surface area contributed by atoms with Crippen molar-refractivity contribution in [1.29, 1.82) is 0 Å². The average molecular weight is 376 g/mol. The summed E-state index contributed by atoms with van der Waals surface area (Å²) in [5, 5.41) is 3.62. The standard InChI is InChI=1S/C18H21N3O2S2/c1-12-10-14-16(25-12)17(23)21(9-8-13-6-4-3-5-7-13)18(20-14)24-11-15(22)19-2/h3-7,12H,8-11H2,1-2H3,(H,19,22). The first-order valence-electron chi connectivity index (χ1n) is 8.26. The number of carbonyl (C=O) groups excluding carboxylic acids is 1. The van der Waals surface area contributed by atoms with Crippen LogP contribution in [0.3, 0.4) is 0 Å². The molecular formula is C18H21N3O2S2. The number of hydrogen-bond acceptors (Lipinski definition) is 5. The first-order valence-corrected chi connectivity index (χ1v) is 10.1. The lowest BCUT2D eigenvalue weighted by Gasteiger charge is -2.13. The topological polar surface area (TPSA) is 64.0 Å². The van der Waals surface area contributed by atoms with Crippen LogP contribution in [0.1, 0.15) is 18.2 Å². The van der Waals surface area contributed by atoms with Gasteiger partial charge in [-0.15, -0.1) is 11.8 Å². The van der Waals surface area contributed by atoms with Crippen LogP contribution in [0.5, 0.6) is 0 Å². The van der Waals surface area contributed by atoms with Crippen LogP contribution in [0.2, 0.25) is 0 Å². The molecule has 132 valence electrons. The fourth-order valence-corrected chi connectivity index (χ4v) is 4.76. The van der Waals surface area contributed by atoms with Gasteiger partial charge in [0.25, 0.3) is 5.56 Å². The van der Waals surface area contributed by atoms with Crippen molar-refractivity contribution >= 4 is 29.4 Å². The lowest BCUT2D eigenvalue weighted by Crippen LogP contribution is -2.27. The fourth-order valence-electron chi connectivity index (χ4n) is 2.73. The van der Waals surface area contributed by atoms with Crippen LogP contribution in [-0.2, 0) is 24.2 Å². The van der Waals surface area contributed by atoms with Gasteiger partial charge in [-0.3, -0.25) is 14.2 Å². The van der Waals surface area contributed by atoms with Gasteiger partial charge in [-0.25, -0.2) is 4.98 Å². The summed E-state index contributed by atoms with van der Waals surface area (Å²) in [6, 6.07) is 10.1. The Bertz CT molecular complexity index is 821. The largest absolute Gasteiger partial charge is 0.358 e. The summed E-state index contributed by atoms with van der Waals surface area (Å²) in [6.45, 7) is 2.67. The van der Waals surface area contributed by atoms with Crippen LogP contribution in [0.25, 0.3) is 0 Å². The van der Waals surface area contributed by atoms with Gasteiger partial charge in [-0.05, 0) is 12.0 Å². The van der Waals surface area contributed by atoms with Crippen molar-refractivity contribution in [2.24, 2.45) is 0 Å². The van der Waals surface area contributed by atoms with Crippen LogP contribution in [0.4, 0.5) is 0 Å². The highest BCUT2D eigenvalue weighted by atomic mass is 32.2. The molecule has 0 radical (unpaired) electrons. The van der Waals surface area contributed by atoms with Gasteiger partial charge in [0.05, 0.1) is 16.3 Å². The van der Waals surface area contributed by atoms with Gasteiger partial charge in [0.2, 0.25) is 5.91 Å². The third-order valence-corrected chi connectivity index (χ3v) is 6.23. The molecule has 0 aliphatic carbocycles. The number of fused-ring (bicyclic) bond motifs is 1. The van der Waals surface area contributed by atoms with E-state index < -0.39 is 0 Å². The number of nitrogens with one attached hydrogen (secondary N) is 1. The van der Waals surface area contributed by atoms with Crippen molar-refractivity contribution in [1.82, 2.24) is 14.9 Å². The number of aryl methyl sites for hydroxylation is 1. The lowest BCUT2D eigenvalue weighted by atomic mass is 10.1. The maximum Gasteiger partial charge on any atom is 0.268 e. The summed E-state index contributed by atoms with van der Waals surface area (Å²) in [6.07, 6.45) is 1.57. The maximum absolute atomic E-state index is 13.0. The van der Waals surface area contributed by atoms with E-state index in [4.69, 9.17) is 4.98 Å². The highest BCUT2D eigenvalue weighted by Crippen LogP contribution is 2.34. The molecule has 0 bridgehead atoms. The summed E-state index contributed by atoms with van der Waals surface area (Å²) < 4.78 is 1.73. The first-order chi connectivity index (χ1) is 12.1. The molecule has 0 fully saturated rings. The van der Waals surface area contributed by atoms with E-state index in [1.165, 1.54) is 17.3 Å².